The molecule has 7 heteroatoms. The van der Waals surface area contributed by atoms with Gasteiger partial charge in [-0.05, 0) is 67.9 Å². The average Bonchev–Trinajstić information content (AvgIpc) is 2.84. The van der Waals surface area contributed by atoms with Gasteiger partial charge in [0.15, 0.2) is 0 Å². The van der Waals surface area contributed by atoms with Crippen molar-refractivity contribution < 1.29 is 19.6 Å². The zero-order valence-electron chi connectivity index (χ0n) is 20.6. The summed E-state index contributed by atoms with van der Waals surface area (Å²) in [6.45, 7) is 3.48. The van der Waals surface area contributed by atoms with Gasteiger partial charge >= 0.3 is 5.97 Å². The maximum absolute atomic E-state index is 13.1. The van der Waals surface area contributed by atoms with Gasteiger partial charge in [0.05, 0.1) is 16.4 Å². The standard InChI is InChI=1S/C29H32N2O5/c1-28(2,33)19-29(24-6-4-3-5-7-24)17-16-22(27(32)36-29)13-10-20-8-11-21(12-9-20)23-14-15-25(30)26(18-23)31(34)35/h3-9,11-12,14-15,18,22,33H,10,13,16-17,19,30H2,1-2H3. The number of carbonyl (C=O) groups excluding carboxylic acids is 1. The first-order valence-electron chi connectivity index (χ1n) is 12.2. The van der Waals surface area contributed by atoms with Gasteiger partial charge in [-0.1, -0.05) is 60.7 Å². The SMILES string of the molecule is CC(C)(O)CC1(c2ccccc2)CCC(CCc2ccc(-c3ccc(N)c([N+](=O)[O-])c3)cc2)C(=O)O1. The van der Waals surface area contributed by atoms with Gasteiger partial charge in [-0.15, -0.1) is 0 Å². The molecule has 188 valence electrons. The molecular formula is C29H32N2O5. The zero-order chi connectivity index (χ0) is 25.9. The van der Waals surface area contributed by atoms with Crippen LogP contribution in [0.25, 0.3) is 11.1 Å². The van der Waals surface area contributed by atoms with Gasteiger partial charge in [0, 0.05) is 12.5 Å². The summed E-state index contributed by atoms with van der Waals surface area (Å²) in [7, 11) is 0. The molecule has 3 aromatic carbocycles. The maximum Gasteiger partial charge on any atom is 0.309 e. The lowest BCUT2D eigenvalue weighted by Gasteiger charge is -2.42. The highest BCUT2D eigenvalue weighted by atomic mass is 16.6. The van der Waals surface area contributed by atoms with Crippen molar-refractivity contribution in [3.63, 3.8) is 0 Å². The number of nitrogens with zero attached hydrogens (tertiary/aromatic N) is 1. The Kier molecular flexibility index (Phi) is 7.13. The molecule has 1 fully saturated rings. The van der Waals surface area contributed by atoms with Gasteiger partial charge in [-0.3, -0.25) is 14.9 Å². The van der Waals surface area contributed by atoms with Gasteiger partial charge in [-0.2, -0.15) is 0 Å². The number of cyclic esters (lactones) is 1. The van der Waals surface area contributed by atoms with Crippen LogP contribution in [0.4, 0.5) is 11.4 Å². The zero-order valence-corrected chi connectivity index (χ0v) is 20.6. The van der Waals surface area contributed by atoms with Crippen LogP contribution in [0, 0.1) is 16.0 Å². The summed E-state index contributed by atoms with van der Waals surface area (Å²) in [6.07, 6.45) is 3.07. The molecule has 1 saturated heterocycles. The predicted molar refractivity (Wildman–Crippen MR) is 139 cm³/mol. The lowest BCUT2D eigenvalue weighted by Crippen LogP contribution is -2.45. The largest absolute Gasteiger partial charge is 0.454 e. The number of aryl methyl sites for hydroxylation is 1. The number of carbonyl (C=O) groups is 1. The number of nitro benzene ring substituents is 1. The number of hydrogen-bond donors (Lipinski definition) is 2. The molecule has 0 aromatic heterocycles. The number of hydrogen-bond acceptors (Lipinski definition) is 6. The molecule has 1 aliphatic rings. The molecule has 2 unspecified atom stereocenters. The fraction of sp³-hybridized carbons (Fsp3) is 0.345. The van der Waals surface area contributed by atoms with Gasteiger partial charge < -0.3 is 15.6 Å². The van der Waals surface area contributed by atoms with Crippen molar-refractivity contribution >= 4 is 17.3 Å². The molecule has 0 amide bonds. The Morgan fingerprint density at radius 1 is 1.08 bits per heavy atom. The fourth-order valence-electron chi connectivity index (χ4n) is 5.07. The number of anilines is 1. The van der Waals surface area contributed by atoms with Crippen LogP contribution in [-0.4, -0.2) is 21.6 Å². The van der Waals surface area contributed by atoms with E-state index in [-0.39, 0.29) is 23.3 Å². The smallest absolute Gasteiger partial charge is 0.309 e. The summed E-state index contributed by atoms with van der Waals surface area (Å²) in [6, 6.07) is 22.3. The molecule has 3 aromatic rings. The number of aliphatic hydroxyl groups is 1. The quantitative estimate of drug-likeness (QED) is 0.180. The minimum Gasteiger partial charge on any atom is -0.454 e. The fourth-order valence-corrected chi connectivity index (χ4v) is 5.07. The van der Waals surface area contributed by atoms with Gasteiger partial charge in [0.25, 0.3) is 5.69 Å². The second kappa shape index (κ2) is 10.1. The Labute approximate surface area is 211 Å². The van der Waals surface area contributed by atoms with Gasteiger partial charge in [0.1, 0.15) is 11.3 Å². The van der Waals surface area contributed by atoms with E-state index in [0.29, 0.717) is 32.1 Å². The highest BCUT2D eigenvalue weighted by Crippen LogP contribution is 2.44. The molecule has 7 nitrogen and oxygen atoms in total. The lowest BCUT2D eigenvalue weighted by atomic mass is 9.76. The third-order valence-electron chi connectivity index (χ3n) is 6.84. The Bertz CT molecular complexity index is 1230. The molecule has 3 N–H and O–H groups in total. The van der Waals surface area contributed by atoms with Crippen LogP contribution in [0.15, 0.2) is 72.8 Å². The van der Waals surface area contributed by atoms with Crippen molar-refractivity contribution in [3.8, 4) is 11.1 Å². The van der Waals surface area contributed by atoms with Crippen molar-refractivity contribution in [2.45, 2.75) is 57.2 Å². The van der Waals surface area contributed by atoms with E-state index in [2.05, 4.69) is 0 Å². The highest BCUT2D eigenvalue weighted by molar-refractivity contribution is 5.74. The van der Waals surface area contributed by atoms with Crippen molar-refractivity contribution in [1.82, 2.24) is 0 Å². The van der Waals surface area contributed by atoms with Crippen LogP contribution >= 0.6 is 0 Å². The van der Waals surface area contributed by atoms with E-state index in [1.165, 1.54) is 6.07 Å². The number of ether oxygens (including phenoxy) is 1. The molecule has 36 heavy (non-hydrogen) atoms. The van der Waals surface area contributed by atoms with Crippen LogP contribution < -0.4 is 5.73 Å². The molecule has 0 bridgehead atoms. The molecule has 0 aliphatic carbocycles. The van der Waals surface area contributed by atoms with Gasteiger partial charge in [-0.25, -0.2) is 0 Å². The maximum atomic E-state index is 13.1. The van der Waals surface area contributed by atoms with Crippen molar-refractivity contribution in [2.24, 2.45) is 5.92 Å². The summed E-state index contributed by atoms with van der Waals surface area (Å²) < 4.78 is 6.09. The van der Waals surface area contributed by atoms with E-state index in [1.807, 2.05) is 54.6 Å². The van der Waals surface area contributed by atoms with E-state index >= 15 is 0 Å². The van der Waals surface area contributed by atoms with Crippen LogP contribution in [0.5, 0.6) is 0 Å². The first-order valence-corrected chi connectivity index (χ1v) is 12.2. The third kappa shape index (κ3) is 5.74. The van der Waals surface area contributed by atoms with Gasteiger partial charge in [0.2, 0.25) is 0 Å². The van der Waals surface area contributed by atoms with E-state index in [4.69, 9.17) is 10.5 Å². The monoisotopic (exact) mass is 488 g/mol. The van der Waals surface area contributed by atoms with Crippen LogP contribution in [-0.2, 0) is 21.6 Å². The van der Waals surface area contributed by atoms with Crippen molar-refractivity contribution in [2.75, 3.05) is 5.73 Å². The Morgan fingerprint density at radius 2 is 1.75 bits per heavy atom. The van der Waals surface area contributed by atoms with Crippen LogP contribution in [0.2, 0.25) is 0 Å². The minimum atomic E-state index is -0.977. The Hall–Kier alpha value is -3.71. The lowest BCUT2D eigenvalue weighted by molar-refractivity contribution is -0.383. The number of nitro groups is 1. The number of benzene rings is 3. The summed E-state index contributed by atoms with van der Waals surface area (Å²) in [5.74, 6) is -0.428. The number of rotatable bonds is 8. The van der Waals surface area contributed by atoms with Crippen LogP contribution in [0.1, 0.15) is 50.7 Å². The Balaban J connectivity index is 1.42. The van der Waals surface area contributed by atoms with E-state index in [9.17, 15) is 20.0 Å². The first-order chi connectivity index (χ1) is 17.1. The summed E-state index contributed by atoms with van der Waals surface area (Å²) in [5, 5.41) is 21.7. The topological polar surface area (TPSA) is 116 Å². The molecule has 0 saturated carbocycles. The Morgan fingerprint density at radius 3 is 2.36 bits per heavy atom. The normalized spacial score (nSPS) is 20.1. The van der Waals surface area contributed by atoms with E-state index in [0.717, 1.165) is 22.3 Å². The third-order valence-corrected chi connectivity index (χ3v) is 6.84. The highest BCUT2D eigenvalue weighted by Gasteiger charge is 2.45. The molecule has 1 heterocycles. The molecule has 2 atom stereocenters. The van der Waals surface area contributed by atoms with E-state index in [1.54, 1.807) is 26.0 Å². The number of nitrogens with two attached hydrogens (primary N) is 1. The second-order valence-corrected chi connectivity index (χ2v) is 10.3. The molecule has 1 aliphatic heterocycles. The van der Waals surface area contributed by atoms with Crippen molar-refractivity contribution in [1.29, 1.82) is 0 Å². The average molecular weight is 489 g/mol. The first kappa shape index (κ1) is 25.4. The van der Waals surface area contributed by atoms with E-state index < -0.39 is 16.1 Å². The summed E-state index contributed by atoms with van der Waals surface area (Å²) in [5.41, 5.74) is 7.51. The number of nitrogen functional groups attached to an aromatic ring is 1. The second-order valence-electron chi connectivity index (χ2n) is 10.3. The predicted octanol–water partition coefficient (Wildman–Crippen LogP) is 5.79. The molecular weight excluding hydrogens is 456 g/mol. The molecule has 4 rings (SSSR count). The number of esters is 1. The molecule has 0 radical (unpaired) electrons. The van der Waals surface area contributed by atoms with Crippen LogP contribution in [0.3, 0.4) is 0 Å². The molecule has 0 spiro atoms. The minimum absolute atomic E-state index is 0.108. The summed E-state index contributed by atoms with van der Waals surface area (Å²) >= 11 is 0. The summed E-state index contributed by atoms with van der Waals surface area (Å²) in [4.78, 5) is 23.8. The van der Waals surface area contributed by atoms with Crippen molar-refractivity contribution in [3.05, 3.63) is 94.0 Å².